The van der Waals surface area contributed by atoms with Crippen molar-refractivity contribution in [2.75, 3.05) is 26.7 Å². The lowest BCUT2D eigenvalue weighted by Crippen LogP contribution is -2.47. The molecule has 1 unspecified atom stereocenters. The van der Waals surface area contributed by atoms with E-state index in [4.69, 9.17) is 9.90 Å². The number of carbonyl (C=O) groups is 2. The second-order valence-electron chi connectivity index (χ2n) is 7.91. The quantitative estimate of drug-likeness (QED) is 0.776. The van der Waals surface area contributed by atoms with Crippen molar-refractivity contribution in [2.45, 2.75) is 58.2 Å². The number of aliphatic carboxylic acids is 1. The van der Waals surface area contributed by atoms with E-state index in [0.29, 0.717) is 11.7 Å². The number of carbonyl (C=O) groups excluding carboxylic acids is 1. The number of alkyl halides is 3. The van der Waals surface area contributed by atoms with Gasteiger partial charge in [0, 0.05) is 30.4 Å². The van der Waals surface area contributed by atoms with Crippen LogP contribution < -0.4 is 0 Å². The van der Waals surface area contributed by atoms with Crippen molar-refractivity contribution in [3.05, 3.63) is 23.3 Å². The van der Waals surface area contributed by atoms with Crippen LogP contribution in [0.1, 0.15) is 53.8 Å². The van der Waals surface area contributed by atoms with Gasteiger partial charge in [0.25, 0.3) is 5.91 Å². The maximum absolute atomic E-state index is 12.7. The van der Waals surface area contributed by atoms with Crippen LogP contribution in [0, 0.1) is 19.8 Å². The van der Waals surface area contributed by atoms with E-state index in [-0.39, 0.29) is 5.91 Å². The number of aryl methyl sites for hydroxylation is 1. The second kappa shape index (κ2) is 10.2. The fraction of sp³-hybridized carbons (Fsp3) is 0.700. The number of piperidine rings is 2. The van der Waals surface area contributed by atoms with E-state index in [2.05, 4.69) is 21.9 Å². The lowest BCUT2D eigenvalue weighted by Gasteiger charge is -2.42. The zero-order valence-corrected chi connectivity index (χ0v) is 17.6. The number of rotatable bonds is 2. The van der Waals surface area contributed by atoms with Crippen LogP contribution in [0.3, 0.4) is 0 Å². The van der Waals surface area contributed by atoms with Crippen LogP contribution in [-0.4, -0.2) is 75.7 Å². The van der Waals surface area contributed by atoms with Gasteiger partial charge in [0.2, 0.25) is 0 Å². The molecule has 2 aliphatic rings. The van der Waals surface area contributed by atoms with Crippen LogP contribution >= 0.6 is 0 Å². The minimum atomic E-state index is -5.08. The number of aromatic nitrogens is 2. The first-order chi connectivity index (χ1) is 14.0. The first-order valence-electron chi connectivity index (χ1n) is 10.1. The number of hydrogen-bond donors (Lipinski definition) is 1. The van der Waals surface area contributed by atoms with Crippen LogP contribution in [-0.2, 0) is 4.79 Å². The molecule has 1 amide bonds. The largest absolute Gasteiger partial charge is 0.490 e. The van der Waals surface area contributed by atoms with Crippen molar-refractivity contribution in [3.8, 4) is 0 Å². The fourth-order valence-corrected chi connectivity index (χ4v) is 4.09. The van der Waals surface area contributed by atoms with Crippen molar-refractivity contribution in [2.24, 2.45) is 5.92 Å². The predicted octanol–water partition coefficient (Wildman–Crippen LogP) is 3.06. The molecule has 1 aromatic rings. The van der Waals surface area contributed by atoms with Crippen LogP contribution in [0.2, 0.25) is 0 Å². The van der Waals surface area contributed by atoms with Crippen molar-refractivity contribution in [3.63, 3.8) is 0 Å². The van der Waals surface area contributed by atoms with E-state index in [0.717, 1.165) is 43.1 Å². The van der Waals surface area contributed by atoms with Gasteiger partial charge >= 0.3 is 12.1 Å². The third kappa shape index (κ3) is 6.13. The molecule has 30 heavy (non-hydrogen) atoms. The minimum absolute atomic E-state index is 0.0726. The molecule has 3 heterocycles. The zero-order valence-electron chi connectivity index (χ0n) is 17.6. The number of carboxylic acids is 1. The second-order valence-corrected chi connectivity index (χ2v) is 7.91. The molecule has 0 bridgehead atoms. The number of hydrogen-bond acceptors (Lipinski definition) is 5. The minimum Gasteiger partial charge on any atom is -0.475 e. The van der Waals surface area contributed by atoms with E-state index in [1.165, 1.54) is 32.1 Å². The topological polar surface area (TPSA) is 86.6 Å². The maximum atomic E-state index is 12.7. The third-order valence-electron chi connectivity index (χ3n) is 5.98. The summed E-state index contributed by atoms with van der Waals surface area (Å²) in [6.07, 6.45) is 2.65. The molecule has 2 aliphatic heterocycles. The standard InChI is InChI=1S/C18H28N4O.C2HF3O2/c1-13-14(2)19-12-20-17(13)18(23)22-10-7-15(8-11-22)16-6-4-5-9-21(16)3;3-2(4,5)1(6)7/h12,15-16H,4-11H2,1-3H3;(H,6,7). The highest BCUT2D eigenvalue weighted by molar-refractivity contribution is 5.93. The Bertz CT molecular complexity index is 749. The van der Waals surface area contributed by atoms with Gasteiger partial charge in [-0.25, -0.2) is 14.8 Å². The van der Waals surface area contributed by atoms with Crippen molar-refractivity contribution in [1.29, 1.82) is 0 Å². The molecule has 0 spiro atoms. The van der Waals surface area contributed by atoms with Crippen molar-refractivity contribution >= 4 is 11.9 Å². The third-order valence-corrected chi connectivity index (χ3v) is 5.98. The molecule has 0 aromatic carbocycles. The van der Waals surface area contributed by atoms with Crippen LogP contribution in [0.15, 0.2) is 6.33 Å². The number of likely N-dealkylation sites (tertiary alicyclic amines) is 2. The molecule has 2 saturated heterocycles. The first kappa shape index (κ1) is 24.0. The lowest BCUT2D eigenvalue weighted by atomic mass is 9.84. The summed E-state index contributed by atoms with van der Waals surface area (Å²) >= 11 is 0. The number of amides is 1. The smallest absolute Gasteiger partial charge is 0.475 e. The molecule has 0 saturated carbocycles. The van der Waals surface area contributed by atoms with Gasteiger partial charge in [-0.3, -0.25) is 4.79 Å². The van der Waals surface area contributed by atoms with E-state index < -0.39 is 12.1 Å². The molecule has 0 aliphatic carbocycles. The van der Waals surface area contributed by atoms with Crippen LogP contribution in [0.4, 0.5) is 13.2 Å². The molecule has 7 nitrogen and oxygen atoms in total. The number of nitrogens with zero attached hydrogens (tertiary/aromatic N) is 4. The van der Waals surface area contributed by atoms with Crippen LogP contribution in [0.25, 0.3) is 0 Å². The normalized spacial score (nSPS) is 21.0. The van der Waals surface area contributed by atoms with Gasteiger partial charge in [-0.15, -0.1) is 0 Å². The Hall–Kier alpha value is -2.23. The zero-order chi connectivity index (χ0) is 22.5. The molecule has 1 N–H and O–H groups in total. The Morgan fingerprint density at radius 3 is 2.20 bits per heavy atom. The summed E-state index contributed by atoms with van der Waals surface area (Å²) in [6.45, 7) is 6.81. The van der Waals surface area contributed by atoms with E-state index >= 15 is 0 Å². The molecule has 1 atom stereocenters. The van der Waals surface area contributed by atoms with E-state index in [1.807, 2.05) is 18.7 Å². The maximum Gasteiger partial charge on any atom is 0.490 e. The van der Waals surface area contributed by atoms with Gasteiger partial charge in [-0.1, -0.05) is 6.42 Å². The Morgan fingerprint density at radius 1 is 1.07 bits per heavy atom. The lowest BCUT2D eigenvalue weighted by molar-refractivity contribution is -0.192. The average molecular weight is 430 g/mol. The van der Waals surface area contributed by atoms with Gasteiger partial charge < -0.3 is 14.9 Å². The molecular formula is C20H29F3N4O3. The fourth-order valence-electron chi connectivity index (χ4n) is 4.09. The summed E-state index contributed by atoms with van der Waals surface area (Å²) in [5.41, 5.74) is 2.37. The highest BCUT2D eigenvalue weighted by Gasteiger charge is 2.38. The van der Waals surface area contributed by atoms with Crippen molar-refractivity contribution < 1.29 is 27.9 Å². The molecule has 0 radical (unpaired) electrons. The van der Waals surface area contributed by atoms with Gasteiger partial charge in [-0.05, 0) is 59.0 Å². The monoisotopic (exact) mass is 430 g/mol. The number of halogens is 3. The molecule has 1 aromatic heterocycles. The summed E-state index contributed by atoms with van der Waals surface area (Å²) in [6, 6.07) is 0.712. The summed E-state index contributed by atoms with van der Waals surface area (Å²) in [5, 5.41) is 7.12. The molecule has 168 valence electrons. The summed E-state index contributed by atoms with van der Waals surface area (Å²) < 4.78 is 31.7. The SMILES string of the molecule is Cc1ncnc(C(=O)N2CCC(C3CCCCN3C)CC2)c1C.O=C(O)C(F)(F)F. The van der Waals surface area contributed by atoms with Crippen LogP contribution in [0.5, 0.6) is 0 Å². The summed E-state index contributed by atoms with van der Waals surface area (Å²) in [4.78, 5) is 34.5. The van der Waals surface area contributed by atoms with Gasteiger partial charge in [0.15, 0.2) is 0 Å². The highest BCUT2D eigenvalue weighted by Crippen LogP contribution is 2.30. The Kier molecular flexibility index (Phi) is 8.17. The molecular weight excluding hydrogens is 401 g/mol. The molecule has 3 rings (SSSR count). The highest BCUT2D eigenvalue weighted by atomic mass is 19.4. The Morgan fingerprint density at radius 2 is 1.67 bits per heavy atom. The Labute approximate surface area is 174 Å². The first-order valence-corrected chi connectivity index (χ1v) is 10.1. The average Bonchev–Trinajstić information content (AvgIpc) is 2.70. The summed E-state index contributed by atoms with van der Waals surface area (Å²) in [7, 11) is 2.26. The summed E-state index contributed by atoms with van der Waals surface area (Å²) in [5.74, 6) is -1.95. The van der Waals surface area contributed by atoms with Gasteiger partial charge in [0.05, 0.1) is 0 Å². The molecule has 2 fully saturated rings. The van der Waals surface area contributed by atoms with E-state index in [9.17, 15) is 18.0 Å². The van der Waals surface area contributed by atoms with E-state index in [1.54, 1.807) is 0 Å². The number of carboxylic acid groups (broad SMARTS) is 1. The van der Waals surface area contributed by atoms with Gasteiger partial charge in [-0.2, -0.15) is 13.2 Å². The molecule has 10 heteroatoms. The van der Waals surface area contributed by atoms with Gasteiger partial charge in [0.1, 0.15) is 12.0 Å². The predicted molar refractivity (Wildman–Crippen MR) is 104 cm³/mol. The van der Waals surface area contributed by atoms with Crippen molar-refractivity contribution in [1.82, 2.24) is 19.8 Å². The Balaban J connectivity index is 0.000000396.